The Balaban J connectivity index is 2.71. The molecule has 0 aliphatic carbocycles. The second-order valence-corrected chi connectivity index (χ2v) is 6.61. The third-order valence-electron chi connectivity index (χ3n) is 3.00. The van der Waals surface area contributed by atoms with Crippen LogP contribution in [0.15, 0.2) is 0 Å². The largest absolute Gasteiger partial charge is 0.390 e. The van der Waals surface area contributed by atoms with Crippen molar-refractivity contribution in [1.82, 2.24) is 5.32 Å². The Kier molecular flexibility index (Phi) is 4.99. The number of nitrogens with one attached hydrogen (secondary N) is 1. The van der Waals surface area contributed by atoms with Gasteiger partial charge in [0.2, 0.25) is 0 Å². The first kappa shape index (κ1) is 15.2. The molecule has 0 aromatic heterocycles. The summed E-state index contributed by atoms with van der Waals surface area (Å²) in [6, 6.07) is 1.67. The van der Waals surface area contributed by atoms with E-state index in [4.69, 9.17) is 5.26 Å². The Bertz CT molecular complexity index is 408. The standard InChI is InChI=1S/C10H15F3N2O2S/c11-10(12,13)3-6-18(16,17)9(7-14)8-1-4-15-5-2-8/h8-9,15H,1-6H2. The van der Waals surface area contributed by atoms with E-state index >= 15 is 0 Å². The Hall–Kier alpha value is -0.810. The third kappa shape index (κ3) is 4.46. The molecule has 1 fully saturated rings. The molecule has 0 radical (unpaired) electrons. The highest BCUT2D eigenvalue weighted by Gasteiger charge is 2.37. The van der Waals surface area contributed by atoms with Gasteiger partial charge in [-0.3, -0.25) is 0 Å². The molecule has 1 aliphatic heterocycles. The lowest BCUT2D eigenvalue weighted by atomic mass is 9.95. The molecular weight excluding hydrogens is 269 g/mol. The number of sulfone groups is 1. The molecule has 8 heteroatoms. The number of hydrogen-bond acceptors (Lipinski definition) is 4. The first-order valence-corrected chi connectivity index (χ1v) is 7.36. The maximum Gasteiger partial charge on any atom is 0.390 e. The Morgan fingerprint density at radius 1 is 1.33 bits per heavy atom. The van der Waals surface area contributed by atoms with Crippen molar-refractivity contribution in [2.45, 2.75) is 30.7 Å². The average Bonchev–Trinajstić information content (AvgIpc) is 2.28. The van der Waals surface area contributed by atoms with E-state index in [1.807, 2.05) is 0 Å². The summed E-state index contributed by atoms with van der Waals surface area (Å²) in [7, 11) is -4.01. The third-order valence-corrected chi connectivity index (χ3v) is 5.03. The zero-order chi connectivity index (χ0) is 13.8. The van der Waals surface area contributed by atoms with Crippen LogP contribution in [0.3, 0.4) is 0 Å². The number of rotatable bonds is 4. The monoisotopic (exact) mass is 284 g/mol. The van der Waals surface area contributed by atoms with Crippen LogP contribution < -0.4 is 5.32 Å². The molecule has 4 nitrogen and oxygen atoms in total. The second-order valence-electron chi connectivity index (χ2n) is 4.37. The van der Waals surface area contributed by atoms with Gasteiger partial charge in [-0.25, -0.2) is 8.42 Å². The Morgan fingerprint density at radius 2 is 1.89 bits per heavy atom. The number of piperidine rings is 1. The van der Waals surface area contributed by atoms with Crippen molar-refractivity contribution in [2.75, 3.05) is 18.8 Å². The maximum atomic E-state index is 12.0. The van der Waals surface area contributed by atoms with Gasteiger partial charge in [0.25, 0.3) is 0 Å². The minimum atomic E-state index is -4.51. The number of nitriles is 1. The van der Waals surface area contributed by atoms with E-state index in [0.717, 1.165) is 0 Å². The smallest absolute Gasteiger partial charge is 0.317 e. The van der Waals surface area contributed by atoms with Crippen molar-refractivity contribution in [2.24, 2.45) is 5.92 Å². The van der Waals surface area contributed by atoms with E-state index in [1.54, 1.807) is 6.07 Å². The lowest BCUT2D eigenvalue weighted by Crippen LogP contribution is -2.38. The van der Waals surface area contributed by atoms with Crippen LogP contribution in [0.1, 0.15) is 19.3 Å². The molecule has 0 spiro atoms. The lowest BCUT2D eigenvalue weighted by Gasteiger charge is -2.26. The summed E-state index contributed by atoms with van der Waals surface area (Å²) in [5.74, 6) is -1.37. The van der Waals surface area contributed by atoms with Crippen LogP contribution in [0.25, 0.3) is 0 Å². The van der Waals surface area contributed by atoms with Crippen LogP contribution in [0, 0.1) is 17.2 Å². The fourth-order valence-corrected chi connectivity index (χ4v) is 3.80. The molecule has 18 heavy (non-hydrogen) atoms. The summed E-state index contributed by atoms with van der Waals surface area (Å²) < 4.78 is 59.6. The van der Waals surface area contributed by atoms with Gasteiger partial charge in [-0.05, 0) is 31.8 Å². The molecule has 104 valence electrons. The molecule has 0 aromatic carbocycles. The molecule has 0 saturated carbocycles. The van der Waals surface area contributed by atoms with E-state index in [-0.39, 0.29) is 5.92 Å². The Morgan fingerprint density at radius 3 is 2.33 bits per heavy atom. The SMILES string of the molecule is N#CC(C1CCNCC1)S(=O)(=O)CCC(F)(F)F. The fraction of sp³-hybridized carbons (Fsp3) is 0.900. The van der Waals surface area contributed by atoms with Gasteiger partial charge in [-0.15, -0.1) is 0 Å². The van der Waals surface area contributed by atoms with Crippen LogP contribution in [-0.4, -0.2) is 38.7 Å². The predicted octanol–water partition coefficient (Wildman–Crippen LogP) is 1.25. The zero-order valence-corrected chi connectivity index (χ0v) is 10.5. The van der Waals surface area contributed by atoms with Gasteiger partial charge in [0, 0.05) is 0 Å². The van der Waals surface area contributed by atoms with Crippen LogP contribution in [0.5, 0.6) is 0 Å². The van der Waals surface area contributed by atoms with Crippen LogP contribution >= 0.6 is 0 Å². The van der Waals surface area contributed by atoms with E-state index in [0.29, 0.717) is 25.9 Å². The van der Waals surface area contributed by atoms with Gasteiger partial charge in [0.1, 0.15) is 0 Å². The van der Waals surface area contributed by atoms with Crippen LogP contribution in [0.4, 0.5) is 13.2 Å². The van der Waals surface area contributed by atoms with Crippen molar-refractivity contribution < 1.29 is 21.6 Å². The molecule has 1 saturated heterocycles. The van der Waals surface area contributed by atoms with Crippen molar-refractivity contribution in [1.29, 1.82) is 5.26 Å². The number of hydrogen-bond donors (Lipinski definition) is 1. The quantitative estimate of drug-likeness (QED) is 0.843. The van der Waals surface area contributed by atoms with Gasteiger partial charge >= 0.3 is 6.18 Å². The summed E-state index contributed by atoms with van der Waals surface area (Å²) in [6.45, 7) is 1.19. The van der Waals surface area contributed by atoms with Crippen molar-refractivity contribution >= 4 is 9.84 Å². The number of halogens is 3. The van der Waals surface area contributed by atoms with Gasteiger partial charge < -0.3 is 5.32 Å². The molecule has 1 heterocycles. The molecule has 0 aromatic rings. The predicted molar refractivity (Wildman–Crippen MR) is 59.5 cm³/mol. The van der Waals surface area contributed by atoms with Crippen molar-refractivity contribution in [3.8, 4) is 6.07 Å². The van der Waals surface area contributed by atoms with E-state index < -0.39 is 33.4 Å². The number of alkyl halides is 3. The molecule has 1 aliphatic rings. The summed E-state index contributed by atoms with van der Waals surface area (Å²) in [6.07, 6.45) is -4.90. The molecular formula is C10H15F3N2O2S. The first-order chi connectivity index (χ1) is 8.26. The van der Waals surface area contributed by atoms with Crippen molar-refractivity contribution in [3.63, 3.8) is 0 Å². The fourth-order valence-electron chi connectivity index (χ4n) is 2.01. The summed E-state index contributed by atoms with van der Waals surface area (Å²) in [5, 5.41) is 10.6. The highest BCUT2D eigenvalue weighted by atomic mass is 32.2. The molecule has 1 unspecified atom stereocenters. The van der Waals surface area contributed by atoms with E-state index in [9.17, 15) is 21.6 Å². The van der Waals surface area contributed by atoms with Gasteiger partial charge in [0.15, 0.2) is 15.1 Å². The zero-order valence-electron chi connectivity index (χ0n) is 9.70. The van der Waals surface area contributed by atoms with Gasteiger partial charge in [0.05, 0.1) is 18.2 Å². The van der Waals surface area contributed by atoms with E-state index in [2.05, 4.69) is 5.32 Å². The molecule has 1 rings (SSSR count). The minimum Gasteiger partial charge on any atom is -0.317 e. The summed E-state index contributed by atoms with van der Waals surface area (Å²) in [4.78, 5) is 0. The Labute approximate surface area is 104 Å². The molecule has 0 bridgehead atoms. The minimum absolute atomic E-state index is 0.366. The maximum absolute atomic E-state index is 12.0. The van der Waals surface area contributed by atoms with Gasteiger partial charge in [-0.1, -0.05) is 0 Å². The van der Waals surface area contributed by atoms with E-state index in [1.165, 1.54) is 0 Å². The highest BCUT2D eigenvalue weighted by Crippen LogP contribution is 2.26. The summed E-state index contributed by atoms with van der Waals surface area (Å²) in [5.41, 5.74) is 0. The first-order valence-electron chi connectivity index (χ1n) is 5.65. The number of nitrogens with zero attached hydrogens (tertiary/aromatic N) is 1. The molecule has 0 amide bonds. The van der Waals surface area contributed by atoms with Crippen LogP contribution in [-0.2, 0) is 9.84 Å². The molecule has 1 atom stereocenters. The highest BCUT2D eigenvalue weighted by molar-refractivity contribution is 7.92. The van der Waals surface area contributed by atoms with Crippen molar-refractivity contribution in [3.05, 3.63) is 0 Å². The lowest BCUT2D eigenvalue weighted by molar-refractivity contribution is -0.129. The summed E-state index contributed by atoms with van der Waals surface area (Å²) >= 11 is 0. The normalized spacial score (nSPS) is 20.3. The average molecular weight is 284 g/mol. The topological polar surface area (TPSA) is 70.0 Å². The second kappa shape index (κ2) is 5.89. The van der Waals surface area contributed by atoms with Gasteiger partial charge in [-0.2, -0.15) is 18.4 Å². The van der Waals surface area contributed by atoms with Crippen LogP contribution in [0.2, 0.25) is 0 Å². The molecule has 1 N–H and O–H groups in total.